The van der Waals surface area contributed by atoms with Gasteiger partial charge < -0.3 is 9.73 Å². The molecule has 0 unspecified atom stereocenters. The molecule has 2 aromatic rings. The van der Waals surface area contributed by atoms with E-state index in [1.54, 1.807) is 6.92 Å². The monoisotopic (exact) mass is 234 g/mol. The molecule has 1 aliphatic rings. The van der Waals surface area contributed by atoms with Crippen molar-refractivity contribution >= 4 is 11.8 Å². The minimum Gasteiger partial charge on any atom is -0.416 e. The summed E-state index contributed by atoms with van der Waals surface area (Å²) in [5.74, 6) is 0.508. The van der Waals surface area contributed by atoms with Crippen molar-refractivity contribution in [3.8, 4) is 0 Å². The number of fused-ring (bicyclic) bond motifs is 1. The molecule has 1 amide bonds. The highest BCUT2D eigenvalue weighted by Crippen LogP contribution is 2.19. The summed E-state index contributed by atoms with van der Waals surface area (Å²) in [5.41, 5.74) is 0.688. The van der Waals surface area contributed by atoms with Crippen LogP contribution in [0.3, 0.4) is 0 Å². The van der Waals surface area contributed by atoms with Crippen LogP contribution in [0.15, 0.2) is 10.7 Å². The van der Waals surface area contributed by atoms with Crippen LogP contribution in [-0.2, 0) is 0 Å². The highest BCUT2D eigenvalue weighted by atomic mass is 16.4. The Morgan fingerprint density at radius 1 is 1.53 bits per heavy atom. The van der Waals surface area contributed by atoms with Crippen LogP contribution in [-0.4, -0.2) is 26.5 Å². The van der Waals surface area contributed by atoms with Crippen LogP contribution in [0.25, 0.3) is 5.84 Å². The van der Waals surface area contributed by atoms with Crippen LogP contribution < -0.4 is 5.32 Å². The molecular formula is C11H14N4O2. The Balaban J connectivity index is 1.84. The lowest BCUT2D eigenvalue weighted by Crippen LogP contribution is -2.32. The third kappa shape index (κ3) is 1.69. The lowest BCUT2D eigenvalue weighted by atomic mass is 10.2. The van der Waals surface area contributed by atoms with Gasteiger partial charge in [-0.15, -0.1) is 0 Å². The lowest BCUT2D eigenvalue weighted by Gasteiger charge is -2.10. The summed E-state index contributed by atoms with van der Waals surface area (Å²) < 4.78 is 6.92. The molecule has 0 saturated heterocycles. The van der Waals surface area contributed by atoms with E-state index in [1.807, 2.05) is 0 Å². The van der Waals surface area contributed by atoms with Gasteiger partial charge in [0.15, 0.2) is 0 Å². The van der Waals surface area contributed by atoms with Crippen molar-refractivity contribution in [2.75, 3.05) is 0 Å². The molecule has 2 aromatic heterocycles. The fraction of sp³-hybridized carbons (Fsp3) is 0.545. The zero-order valence-corrected chi connectivity index (χ0v) is 9.64. The number of amides is 1. The van der Waals surface area contributed by atoms with Gasteiger partial charge in [-0.3, -0.25) is 4.79 Å². The van der Waals surface area contributed by atoms with E-state index in [0.29, 0.717) is 17.3 Å². The van der Waals surface area contributed by atoms with Crippen molar-refractivity contribution in [2.45, 2.75) is 38.6 Å². The molecule has 0 aromatic carbocycles. The number of aromatic nitrogens is 3. The number of hydrogen-bond acceptors (Lipinski definition) is 4. The first kappa shape index (κ1) is 10.3. The Morgan fingerprint density at radius 3 is 3.00 bits per heavy atom. The average molecular weight is 234 g/mol. The Labute approximate surface area is 98.0 Å². The normalized spacial score (nSPS) is 16.8. The first-order valence-electron chi connectivity index (χ1n) is 5.85. The van der Waals surface area contributed by atoms with E-state index in [1.165, 1.54) is 23.7 Å². The van der Waals surface area contributed by atoms with E-state index in [2.05, 4.69) is 15.4 Å². The van der Waals surface area contributed by atoms with Gasteiger partial charge in [-0.25, -0.2) is 0 Å². The van der Waals surface area contributed by atoms with Gasteiger partial charge in [-0.1, -0.05) is 12.8 Å². The van der Waals surface area contributed by atoms with Gasteiger partial charge >= 0.3 is 5.84 Å². The van der Waals surface area contributed by atoms with Gasteiger partial charge in [-0.2, -0.15) is 14.6 Å². The second-order valence-corrected chi connectivity index (χ2v) is 4.43. The molecule has 6 heteroatoms. The Morgan fingerprint density at radius 2 is 2.29 bits per heavy atom. The van der Waals surface area contributed by atoms with E-state index >= 15 is 0 Å². The Kier molecular flexibility index (Phi) is 2.35. The lowest BCUT2D eigenvalue weighted by molar-refractivity contribution is 0.0910. The quantitative estimate of drug-likeness (QED) is 0.850. The number of oxazole rings is 1. The standard InChI is InChI=1S/C11H14N4O2/c1-7-9(17-11-12-6-13-15(7)11)10(16)14-8-4-2-3-5-8/h6,8H,2-5H2,1H3,(H,14,16). The molecule has 0 aliphatic heterocycles. The Bertz CT molecular complexity index is 551. The molecule has 0 spiro atoms. The number of hydrogen-bond donors (Lipinski definition) is 1. The minimum atomic E-state index is -0.165. The van der Waals surface area contributed by atoms with Crippen molar-refractivity contribution in [1.29, 1.82) is 0 Å². The Hall–Kier alpha value is -1.85. The highest BCUT2D eigenvalue weighted by Gasteiger charge is 2.23. The molecule has 6 nitrogen and oxygen atoms in total. The van der Waals surface area contributed by atoms with Crippen molar-refractivity contribution in [3.63, 3.8) is 0 Å². The molecular weight excluding hydrogens is 220 g/mol. The van der Waals surface area contributed by atoms with Crippen molar-refractivity contribution in [1.82, 2.24) is 19.9 Å². The largest absolute Gasteiger partial charge is 0.416 e. The fourth-order valence-corrected chi connectivity index (χ4v) is 2.32. The molecule has 3 rings (SSSR count). The third-order valence-corrected chi connectivity index (χ3v) is 3.25. The van der Waals surface area contributed by atoms with Gasteiger partial charge in [-0.05, 0) is 19.8 Å². The molecule has 0 bridgehead atoms. The molecule has 90 valence electrons. The van der Waals surface area contributed by atoms with Crippen LogP contribution >= 0.6 is 0 Å². The summed E-state index contributed by atoms with van der Waals surface area (Å²) in [4.78, 5) is 15.9. The van der Waals surface area contributed by atoms with E-state index in [4.69, 9.17) is 4.42 Å². The predicted octanol–water partition coefficient (Wildman–Crippen LogP) is 1.30. The molecule has 0 radical (unpaired) electrons. The van der Waals surface area contributed by atoms with Crippen molar-refractivity contribution < 1.29 is 9.21 Å². The maximum absolute atomic E-state index is 12.0. The summed E-state index contributed by atoms with van der Waals surface area (Å²) >= 11 is 0. The summed E-state index contributed by atoms with van der Waals surface area (Å²) in [5, 5.41) is 6.97. The van der Waals surface area contributed by atoms with Crippen LogP contribution in [0.1, 0.15) is 41.9 Å². The molecule has 1 aliphatic carbocycles. The molecule has 1 saturated carbocycles. The summed E-state index contributed by atoms with van der Waals surface area (Å²) in [6.45, 7) is 1.80. The number of nitrogens with one attached hydrogen (secondary N) is 1. The first-order chi connectivity index (χ1) is 8.25. The maximum Gasteiger partial charge on any atom is 0.325 e. The van der Waals surface area contributed by atoms with E-state index < -0.39 is 0 Å². The summed E-state index contributed by atoms with van der Waals surface area (Å²) in [6.07, 6.45) is 5.90. The number of carbonyl (C=O) groups is 1. The van der Waals surface area contributed by atoms with Crippen molar-refractivity contribution in [3.05, 3.63) is 17.8 Å². The van der Waals surface area contributed by atoms with Crippen LogP contribution in [0, 0.1) is 6.92 Å². The third-order valence-electron chi connectivity index (χ3n) is 3.25. The van der Waals surface area contributed by atoms with E-state index in [-0.39, 0.29) is 11.9 Å². The fourth-order valence-electron chi connectivity index (χ4n) is 2.32. The SMILES string of the molecule is Cc1c(C(=O)NC2CCCC2)oc2ncnn12. The highest BCUT2D eigenvalue weighted by molar-refractivity contribution is 5.93. The smallest absolute Gasteiger partial charge is 0.325 e. The van der Waals surface area contributed by atoms with Crippen LogP contribution in [0.4, 0.5) is 0 Å². The first-order valence-corrected chi connectivity index (χ1v) is 5.85. The summed E-state index contributed by atoms with van der Waals surface area (Å²) in [7, 11) is 0. The van der Waals surface area contributed by atoms with Gasteiger partial charge in [0.2, 0.25) is 5.76 Å². The zero-order valence-electron chi connectivity index (χ0n) is 9.64. The molecule has 17 heavy (non-hydrogen) atoms. The van der Waals surface area contributed by atoms with Gasteiger partial charge in [0.05, 0.1) is 5.69 Å². The van der Waals surface area contributed by atoms with Gasteiger partial charge in [0.1, 0.15) is 6.33 Å². The molecule has 0 atom stereocenters. The molecule has 2 heterocycles. The van der Waals surface area contributed by atoms with Gasteiger partial charge in [0.25, 0.3) is 5.91 Å². The number of carbonyl (C=O) groups excluding carboxylic acids is 1. The van der Waals surface area contributed by atoms with Gasteiger partial charge in [0, 0.05) is 6.04 Å². The number of nitrogens with zero attached hydrogens (tertiary/aromatic N) is 3. The minimum absolute atomic E-state index is 0.165. The van der Waals surface area contributed by atoms with E-state index in [0.717, 1.165) is 12.8 Å². The number of rotatable bonds is 2. The van der Waals surface area contributed by atoms with Crippen LogP contribution in [0.2, 0.25) is 0 Å². The van der Waals surface area contributed by atoms with Crippen LogP contribution in [0.5, 0.6) is 0 Å². The second kappa shape index (κ2) is 3.87. The van der Waals surface area contributed by atoms with E-state index in [9.17, 15) is 4.79 Å². The number of aryl methyl sites for hydroxylation is 1. The predicted molar refractivity (Wildman–Crippen MR) is 59.7 cm³/mol. The average Bonchev–Trinajstić information content (AvgIpc) is 2.97. The molecule has 1 N–H and O–H groups in total. The van der Waals surface area contributed by atoms with Crippen molar-refractivity contribution in [2.24, 2.45) is 0 Å². The second-order valence-electron chi connectivity index (χ2n) is 4.43. The maximum atomic E-state index is 12.0. The zero-order chi connectivity index (χ0) is 11.8. The summed E-state index contributed by atoms with van der Waals surface area (Å²) in [6, 6.07) is 0.285. The topological polar surface area (TPSA) is 72.4 Å². The molecule has 1 fully saturated rings.